The van der Waals surface area contributed by atoms with E-state index >= 15 is 0 Å². The number of hydrogen-bond acceptors (Lipinski definition) is 2. The van der Waals surface area contributed by atoms with Crippen LogP contribution >= 0.6 is 11.3 Å². The van der Waals surface area contributed by atoms with E-state index in [1.807, 2.05) is 11.3 Å². The summed E-state index contributed by atoms with van der Waals surface area (Å²) in [4.78, 5) is 2.40. The predicted molar refractivity (Wildman–Crippen MR) is 202 cm³/mol. The fourth-order valence-corrected chi connectivity index (χ4v) is 8.57. The minimum Gasteiger partial charge on any atom is -0.310 e. The molecule has 0 unspecified atom stereocenters. The maximum absolute atomic E-state index is 2.42. The van der Waals surface area contributed by atoms with Gasteiger partial charge in [-0.15, -0.1) is 11.3 Å². The molecule has 0 amide bonds. The van der Waals surface area contributed by atoms with Gasteiger partial charge >= 0.3 is 0 Å². The van der Waals surface area contributed by atoms with E-state index in [0.29, 0.717) is 0 Å². The SMILES string of the molecule is CC1(C)c2cc(-c3ccccc3)ccc2-c2ccc(N(c3ccccc3)c3cccc(-c4ccc5c(c4)sc4ccccc45)c3)cc21. The molecule has 0 atom stereocenters. The fourth-order valence-electron chi connectivity index (χ4n) is 7.43. The molecule has 9 rings (SSSR count). The molecule has 0 fully saturated rings. The Morgan fingerprint density at radius 1 is 0.404 bits per heavy atom. The summed E-state index contributed by atoms with van der Waals surface area (Å²) in [6, 6.07) is 60.1. The van der Waals surface area contributed by atoms with Crippen LogP contribution in [0.2, 0.25) is 0 Å². The minimum absolute atomic E-state index is 0.130. The lowest BCUT2D eigenvalue weighted by Gasteiger charge is -2.28. The number of para-hydroxylation sites is 1. The average molecular weight is 620 g/mol. The predicted octanol–water partition coefficient (Wildman–Crippen LogP) is 13.2. The van der Waals surface area contributed by atoms with E-state index in [4.69, 9.17) is 0 Å². The Kier molecular flexibility index (Phi) is 6.41. The molecule has 1 heterocycles. The highest BCUT2D eigenvalue weighted by Crippen LogP contribution is 2.51. The van der Waals surface area contributed by atoms with Crippen LogP contribution in [-0.2, 0) is 5.41 Å². The van der Waals surface area contributed by atoms with Gasteiger partial charge < -0.3 is 4.90 Å². The molecule has 0 saturated carbocycles. The molecule has 7 aromatic carbocycles. The Bertz CT molecular complexity index is 2440. The van der Waals surface area contributed by atoms with E-state index in [1.165, 1.54) is 64.7 Å². The maximum atomic E-state index is 2.42. The fraction of sp³-hybridized carbons (Fsp3) is 0.0667. The quantitative estimate of drug-likeness (QED) is 0.185. The number of anilines is 3. The molecule has 1 nitrogen and oxygen atoms in total. The number of thiophene rings is 1. The van der Waals surface area contributed by atoms with Crippen LogP contribution in [-0.4, -0.2) is 0 Å². The topological polar surface area (TPSA) is 3.24 Å². The van der Waals surface area contributed by atoms with Gasteiger partial charge in [-0.05, 0) is 99.1 Å². The molecular formula is C45H33NS. The summed E-state index contributed by atoms with van der Waals surface area (Å²) < 4.78 is 2.66. The highest BCUT2D eigenvalue weighted by molar-refractivity contribution is 7.25. The van der Waals surface area contributed by atoms with Gasteiger partial charge in [0.05, 0.1) is 0 Å². The Labute approximate surface area is 280 Å². The molecule has 0 saturated heterocycles. The van der Waals surface area contributed by atoms with E-state index in [0.717, 1.165) is 17.1 Å². The van der Waals surface area contributed by atoms with Gasteiger partial charge in [0.2, 0.25) is 0 Å². The van der Waals surface area contributed by atoms with Crippen LogP contribution in [0.3, 0.4) is 0 Å². The lowest BCUT2D eigenvalue weighted by molar-refractivity contribution is 0.660. The van der Waals surface area contributed by atoms with Crippen LogP contribution in [0.25, 0.3) is 53.6 Å². The Hall–Kier alpha value is -5.44. The molecular weight excluding hydrogens is 587 g/mol. The summed E-state index contributed by atoms with van der Waals surface area (Å²) in [5.41, 5.74) is 13.7. The first-order chi connectivity index (χ1) is 23.0. The number of hydrogen-bond donors (Lipinski definition) is 0. The molecule has 1 aliphatic rings. The summed E-state index contributed by atoms with van der Waals surface area (Å²) in [5, 5.41) is 2.66. The van der Waals surface area contributed by atoms with E-state index in [-0.39, 0.29) is 5.41 Å². The Morgan fingerprint density at radius 3 is 1.81 bits per heavy atom. The van der Waals surface area contributed by atoms with Crippen molar-refractivity contribution >= 4 is 48.6 Å². The number of rotatable bonds is 5. The van der Waals surface area contributed by atoms with Gasteiger partial charge in [-0.1, -0.05) is 123 Å². The second-order valence-electron chi connectivity index (χ2n) is 13.0. The van der Waals surface area contributed by atoms with Gasteiger partial charge in [0, 0.05) is 42.6 Å². The van der Waals surface area contributed by atoms with Gasteiger partial charge in [0.15, 0.2) is 0 Å². The second kappa shape index (κ2) is 10.8. The zero-order chi connectivity index (χ0) is 31.5. The third kappa shape index (κ3) is 4.60. The van der Waals surface area contributed by atoms with Crippen molar-refractivity contribution in [1.82, 2.24) is 0 Å². The largest absolute Gasteiger partial charge is 0.310 e. The molecule has 8 aromatic rings. The van der Waals surface area contributed by atoms with Crippen molar-refractivity contribution in [3.63, 3.8) is 0 Å². The maximum Gasteiger partial charge on any atom is 0.0467 e. The summed E-state index contributed by atoms with van der Waals surface area (Å²) in [6.45, 7) is 4.74. The molecule has 0 bridgehead atoms. The molecule has 0 spiro atoms. The van der Waals surface area contributed by atoms with Crippen LogP contribution in [0.4, 0.5) is 17.1 Å². The average Bonchev–Trinajstić information content (AvgIpc) is 3.60. The van der Waals surface area contributed by atoms with E-state index in [1.54, 1.807) is 0 Å². The zero-order valence-corrected chi connectivity index (χ0v) is 27.3. The lowest BCUT2D eigenvalue weighted by atomic mass is 9.81. The number of nitrogens with zero attached hydrogens (tertiary/aromatic N) is 1. The van der Waals surface area contributed by atoms with Gasteiger partial charge in [-0.25, -0.2) is 0 Å². The number of benzene rings is 7. The second-order valence-corrected chi connectivity index (χ2v) is 14.1. The van der Waals surface area contributed by atoms with E-state index < -0.39 is 0 Å². The van der Waals surface area contributed by atoms with Crippen LogP contribution in [0, 0.1) is 0 Å². The molecule has 1 aromatic heterocycles. The van der Waals surface area contributed by atoms with Crippen LogP contribution in [0.15, 0.2) is 164 Å². The summed E-state index contributed by atoms with van der Waals surface area (Å²) in [5.74, 6) is 0. The van der Waals surface area contributed by atoms with Gasteiger partial charge in [-0.2, -0.15) is 0 Å². The lowest BCUT2D eigenvalue weighted by Crippen LogP contribution is -2.16. The summed E-state index contributed by atoms with van der Waals surface area (Å²) in [7, 11) is 0. The van der Waals surface area contributed by atoms with Crippen molar-refractivity contribution in [2.45, 2.75) is 19.3 Å². The third-order valence-corrected chi connectivity index (χ3v) is 11.0. The highest BCUT2D eigenvalue weighted by atomic mass is 32.1. The minimum atomic E-state index is -0.130. The number of fused-ring (bicyclic) bond motifs is 6. The van der Waals surface area contributed by atoms with Crippen molar-refractivity contribution in [1.29, 1.82) is 0 Å². The van der Waals surface area contributed by atoms with Gasteiger partial charge in [-0.3, -0.25) is 0 Å². The molecule has 0 radical (unpaired) electrons. The van der Waals surface area contributed by atoms with Crippen molar-refractivity contribution in [2.24, 2.45) is 0 Å². The van der Waals surface area contributed by atoms with Gasteiger partial charge in [0.25, 0.3) is 0 Å². The molecule has 0 aliphatic heterocycles. The van der Waals surface area contributed by atoms with E-state index in [9.17, 15) is 0 Å². The Morgan fingerprint density at radius 2 is 0.979 bits per heavy atom. The first-order valence-electron chi connectivity index (χ1n) is 16.3. The zero-order valence-electron chi connectivity index (χ0n) is 26.4. The van der Waals surface area contributed by atoms with Crippen molar-refractivity contribution in [3.8, 4) is 33.4 Å². The highest BCUT2D eigenvalue weighted by Gasteiger charge is 2.36. The molecule has 224 valence electrons. The van der Waals surface area contributed by atoms with Crippen LogP contribution < -0.4 is 4.90 Å². The van der Waals surface area contributed by atoms with Crippen LogP contribution in [0.1, 0.15) is 25.0 Å². The van der Waals surface area contributed by atoms with Crippen molar-refractivity contribution < 1.29 is 0 Å². The first-order valence-corrected chi connectivity index (χ1v) is 17.1. The standard InChI is InChI=1S/C45H33NS/c1-45(2)41-27-32(30-12-5-3-6-13-30)20-23-37(41)38-25-22-36(29-42(38)45)46(34-15-7-4-8-16-34)35-17-11-14-31(26-35)33-21-24-40-39-18-9-10-19-43(39)47-44(40)28-33/h3-29H,1-2H3. The third-order valence-electron chi connectivity index (χ3n) is 9.86. The Balaban J connectivity index is 1.14. The summed E-state index contributed by atoms with van der Waals surface area (Å²) >= 11 is 1.87. The van der Waals surface area contributed by atoms with Gasteiger partial charge in [0.1, 0.15) is 0 Å². The normalized spacial score (nSPS) is 13.1. The van der Waals surface area contributed by atoms with Crippen LogP contribution in [0.5, 0.6) is 0 Å². The monoisotopic (exact) mass is 619 g/mol. The summed E-state index contributed by atoms with van der Waals surface area (Å²) in [6.07, 6.45) is 0. The smallest absolute Gasteiger partial charge is 0.0467 e. The molecule has 47 heavy (non-hydrogen) atoms. The van der Waals surface area contributed by atoms with Crippen molar-refractivity contribution in [3.05, 3.63) is 175 Å². The van der Waals surface area contributed by atoms with Crippen molar-refractivity contribution in [2.75, 3.05) is 4.90 Å². The first kappa shape index (κ1) is 27.8. The van der Waals surface area contributed by atoms with E-state index in [2.05, 4.69) is 183 Å². The molecule has 2 heteroatoms. The molecule has 1 aliphatic carbocycles. The molecule has 0 N–H and O–H groups in total.